The number of likely N-dealkylation sites (tertiary alicyclic amines) is 1. The maximum Gasteiger partial charge on any atom is 0.167 e. The first-order chi connectivity index (χ1) is 11.5. The summed E-state index contributed by atoms with van der Waals surface area (Å²) in [7, 11) is 2.04. The van der Waals surface area contributed by atoms with Gasteiger partial charge in [-0.1, -0.05) is 30.3 Å². The number of piperidine rings is 1. The van der Waals surface area contributed by atoms with Crippen molar-refractivity contribution in [1.82, 2.24) is 4.90 Å². The van der Waals surface area contributed by atoms with Gasteiger partial charge in [0.25, 0.3) is 0 Å². The number of ether oxygens (including phenoxy) is 2. The van der Waals surface area contributed by atoms with E-state index in [0.29, 0.717) is 26.1 Å². The molecule has 0 bridgehead atoms. The minimum atomic E-state index is -0.611. The quantitative estimate of drug-likeness (QED) is 0.863. The molecule has 2 heterocycles. The van der Waals surface area contributed by atoms with E-state index in [1.54, 1.807) is 0 Å². The Morgan fingerprint density at radius 1 is 1.21 bits per heavy atom. The van der Waals surface area contributed by atoms with Crippen molar-refractivity contribution in [3.05, 3.63) is 35.9 Å². The van der Waals surface area contributed by atoms with Crippen LogP contribution in [0.2, 0.25) is 0 Å². The van der Waals surface area contributed by atoms with E-state index in [1.165, 1.54) is 0 Å². The van der Waals surface area contributed by atoms with E-state index in [1.807, 2.05) is 44.3 Å². The molecule has 134 valence electrons. The third kappa shape index (κ3) is 3.98. The van der Waals surface area contributed by atoms with Crippen LogP contribution in [0.4, 0.5) is 0 Å². The predicted molar refractivity (Wildman–Crippen MR) is 91.5 cm³/mol. The lowest BCUT2D eigenvalue weighted by atomic mass is 9.86. The monoisotopic (exact) mass is 335 g/mol. The van der Waals surface area contributed by atoms with Crippen molar-refractivity contribution in [2.75, 3.05) is 20.3 Å². The molecule has 0 aliphatic carbocycles. The van der Waals surface area contributed by atoms with Gasteiger partial charge in [-0.25, -0.2) is 0 Å². The zero-order valence-electron chi connectivity index (χ0n) is 14.6. The van der Waals surface area contributed by atoms with Crippen molar-refractivity contribution in [2.45, 2.75) is 62.7 Å². The second-order valence-electron chi connectivity index (χ2n) is 7.23. The summed E-state index contributed by atoms with van der Waals surface area (Å²) in [4.78, 5) is 2.20. The van der Waals surface area contributed by atoms with Gasteiger partial charge in [-0.2, -0.15) is 0 Å². The molecule has 0 saturated carbocycles. The summed E-state index contributed by atoms with van der Waals surface area (Å²) in [5.74, 6) is -0.611. The number of hydrogen-bond donors (Lipinski definition) is 2. The molecule has 5 nitrogen and oxygen atoms in total. The number of likely N-dealkylation sites (N-methyl/N-ethyl adjacent to an activating group) is 1. The molecule has 2 N–H and O–H groups in total. The summed E-state index contributed by atoms with van der Waals surface area (Å²) in [6.45, 7) is 3.17. The van der Waals surface area contributed by atoms with Crippen LogP contribution in [-0.2, 0) is 9.47 Å². The summed E-state index contributed by atoms with van der Waals surface area (Å²) in [6.07, 6.45) is 2.08. The highest BCUT2D eigenvalue weighted by molar-refractivity contribution is 5.17. The average molecular weight is 335 g/mol. The molecule has 0 aromatic heterocycles. The Balaban J connectivity index is 1.64. The second kappa shape index (κ2) is 7.50. The Morgan fingerprint density at radius 3 is 2.54 bits per heavy atom. The summed E-state index contributed by atoms with van der Waals surface area (Å²) < 4.78 is 11.4. The third-order valence-electron chi connectivity index (χ3n) is 5.50. The first-order valence-corrected chi connectivity index (χ1v) is 8.89. The van der Waals surface area contributed by atoms with Crippen LogP contribution >= 0.6 is 0 Å². The van der Waals surface area contributed by atoms with Gasteiger partial charge in [0.15, 0.2) is 5.79 Å². The topological polar surface area (TPSA) is 62.2 Å². The van der Waals surface area contributed by atoms with Gasteiger partial charge in [0.2, 0.25) is 0 Å². The molecular formula is C19H29NO4. The van der Waals surface area contributed by atoms with Crippen molar-refractivity contribution in [1.29, 1.82) is 0 Å². The fraction of sp³-hybridized carbons (Fsp3) is 0.684. The highest BCUT2D eigenvalue weighted by Crippen LogP contribution is 2.34. The van der Waals surface area contributed by atoms with Crippen molar-refractivity contribution in [3.63, 3.8) is 0 Å². The van der Waals surface area contributed by atoms with Gasteiger partial charge in [0.1, 0.15) is 0 Å². The van der Waals surface area contributed by atoms with Crippen LogP contribution in [0, 0.1) is 0 Å². The van der Waals surface area contributed by atoms with Crippen molar-refractivity contribution in [2.24, 2.45) is 0 Å². The van der Waals surface area contributed by atoms with Gasteiger partial charge in [0.05, 0.1) is 25.4 Å². The fourth-order valence-electron chi connectivity index (χ4n) is 3.99. The lowest BCUT2D eigenvalue weighted by molar-refractivity contribution is -0.171. The number of hydrogen-bond acceptors (Lipinski definition) is 5. The SMILES string of the molecule is CN1C(CC2(C)OCCO2)[C@H](O)CC[C@@H]1C[C@@H](O)c1ccccc1. The molecule has 0 amide bonds. The van der Waals surface area contributed by atoms with Crippen LogP contribution < -0.4 is 0 Å². The van der Waals surface area contributed by atoms with Crippen molar-refractivity contribution >= 4 is 0 Å². The maximum absolute atomic E-state index is 10.5. The standard InChI is InChI=1S/C19H29NO4/c1-19(23-10-11-24-19)13-16-17(21)9-8-15(20(16)2)12-18(22)14-6-4-3-5-7-14/h3-7,15-18,21-22H,8-13H2,1-2H3/t15-,16?,17-,18-/m1/s1. The van der Waals surface area contributed by atoms with E-state index in [0.717, 1.165) is 18.4 Å². The molecule has 0 radical (unpaired) electrons. The molecule has 24 heavy (non-hydrogen) atoms. The molecule has 1 aromatic carbocycles. The van der Waals surface area contributed by atoms with Crippen LogP contribution in [0.1, 0.15) is 44.3 Å². The molecule has 2 fully saturated rings. The Morgan fingerprint density at radius 2 is 1.88 bits per heavy atom. The molecule has 2 aliphatic rings. The Bertz CT molecular complexity index is 517. The third-order valence-corrected chi connectivity index (χ3v) is 5.50. The van der Waals surface area contributed by atoms with Gasteiger partial charge in [-0.3, -0.25) is 4.90 Å². The lowest BCUT2D eigenvalue weighted by Gasteiger charge is -2.45. The number of nitrogens with zero attached hydrogens (tertiary/aromatic N) is 1. The van der Waals surface area contributed by atoms with E-state index in [4.69, 9.17) is 9.47 Å². The largest absolute Gasteiger partial charge is 0.391 e. The first kappa shape index (κ1) is 17.8. The zero-order valence-corrected chi connectivity index (χ0v) is 14.6. The summed E-state index contributed by atoms with van der Waals surface area (Å²) in [5, 5.41) is 21.0. The van der Waals surface area contributed by atoms with E-state index in [2.05, 4.69) is 4.90 Å². The smallest absolute Gasteiger partial charge is 0.167 e. The maximum atomic E-state index is 10.5. The zero-order chi connectivity index (χ0) is 17.2. The minimum absolute atomic E-state index is 0.0187. The van der Waals surface area contributed by atoms with Crippen LogP contribution in [0.5, 0.6) is 0 Å². The Hall–Kier alpha value is -0.980. The normalized spacial score (nSPS) is 31.9. The van der Waals surface area contributed by atoms with E-state index < -0.39 is 11.9 Å². The van der Waals surface area contributed by atoms with Gasteiger partial charge in [-0.15, -0.1) is 0 Å². The Kier molecular flexibility index (Phi) is 5.57. The highest BCUT2D eigenvalue weighted by Gasteiger charge is 2.42. The molecule has 1 aromatic rings. The predicted octanol–water partition coefficient (Wildman–Crippen LogP) is 2.09. The molecule has 1 unspecified atom stereocenters. The van der Waals surface area contributed by atoms with E-state index in [-0.39, 0.29) is 18.2 Å². The van der Waals surface area contributed by atoms with Crippen LogP contribution in [0.25, 0.3) is 0 Å². The molecule has 2 aliphatic heterocycles. The minimum Gasteiger partial charge on any atom is -0.391 e. The molecule has 3 rings (SSSR count). The molecule has 5 heteroatoms. The molecular weight excluding hydrogens is 306 g/mol. The summed E-state index contributed by atoms with van der Waals surface area (Å²) in [5.41, 5.74) is 0.947. The number of aliphatic hydroxyl groups is 2. The van der Waals surface area contributed by atoms with Crippen LogP contribution in [0.15, 0.2) is 30.3 Å². The fourth-order valence-corrected chi connectivity index (χ4v) is 3.99. The van der Waals surface area contributed by atoms with Crippen LogP contribution in [-0.4, -0.2) is 59.3 Å². The van der Waals surface area contributed by atoms with Crippen molar-refractivity contribution in [3.8, 4) is 0 Å². The molecule has 4 atom stereocenters. The number of rotatable bonds is 5. The van der Waals surface area contributed by atoms with Crippen LogP contribution in [0.3, 0.4) is 0 Å². The second-order valence-corrected chi connectivity index (χ2v) is 7.23. The summed E-state index contributed by atoms with van der Waals surface area (Å²) >= 11 is 0. The van der Waals surface area contributed by atoms with Crippen molar-refractivity contribution < 1.29 is 19.7 Å². The first-order valence-electron chi connectivity index (χ1n) is 8.89. The number of aliphatic hydroxyl groups excluding tert-OH is 2. The molecule has 0 spiro atoms. The highest BCUT2D eigenvalue weighted by atomic mass is 16.7. The van der Waals surface area contributed by atoms with E-state index in [9.17, 15) is 10.2 Å². The van der Waals surface area contributed by atoms with Gasteiger partial charge in [0, 0.05) is 18.5 Å². The van der Waals surface area contributed by atoms with Gasteiger partial charge in [-0.05, 0) is 38.8 Å². The number of benzene rings is 1. The van der Waals surface area contributed by atoms with Gasteiger partial charge < -0.3 is 19.7 Å². The van der Waals surface area contributed by atoms with Gasteiger partial charge >= 0.3 is 0 Å². The molecule has 2 saturated heterocycles. The average Bonchev–Trinajstić information content (AvgIpc) is 3.01. The Labute approximate surface area is 144 Å². The summed E-state index contributed by atoms with van der Waals surface area (Å²) in [6, 6.07) is 9.99. The lowest BCUT2D eigenvalue weighted by Crippen LogP contribution is -2.54. The van der Waals surface area contributed by atoms with E-state index >= 15 is 0 Å².